The first-order chi connectivity index (χ1) is 11.2. The Labute approximate surface area is 146 Å². The quantitative estimate of drug-likeness (QED) is 0.723. The molecule has 2 saturated heterocycles. The largest absolute Gasteiger partial charge is 0.300 e. The van der Waals surface area contributed by atoms with Crippen LogP contribution in [0.25, 0.3) is 0 Å². The Hall–Kier alpha value is -0.730. The molecule has 6 nitrogen and oxygen atoms in total. The van der Waals surface area contributed by atoms with E-state index in [0.29, 0.717) is 6.04 Å². The van der Waals surface area contributed by atoms with E-state index in [0.717, 1.165) is 18.4 Å². The first kappa shape index (κ1) is 19.6. The molecule has 2 heterocycles. The molecule has 1 N–H and O–H groups in total. The number of halogens is 1. The van der Waals surface area contributed by atoms with Crippen LogP contribution in [0.4, 0.5) is 0 Å². The second kappa shape index (κ2) is 8.58. The lowest BCUT2D eigenvalue weighted by Crippen LogP contribution is -2.58. The van der Waals surface area contributed by atoms with E-state index in [4.69, 9.17) is 18.6 Å². The first-order valence-electron chi connectivity index (χ1n) is 8.34. The molecule has 2 atom stereocenters. The van der Waals surface area contributed by atoms with Gasteiger partial charge in [-0.3, -0.25) is 4.90 Å². The van der Waals surface area contributed by atoms with Crippen molar-refractivity contribution in [3.8, 4) is 0 Å². The van der Waals surface area contributed by atoms with Crippen LogP contribution in [0.5, 0.6) is 0 Å². The van der Waals surface area contributed by atoms with Gasteiger partial charge in [-0.1, -0.05) is 30.3 Å². The molecule has 7 heteroatoms. The van der Waals surface area contributed by atoms with Crippen LogP contribution in [0, 0.1) is 22.1 Å². The smallest absolute Gasteiger partial charge is 0.0777 e. The minimum absolute atomic E-state index is 0.714. The molecule has 1 aromatic rings. The third-order valence-electron chi connectivity index (χ3n) is 4.66. The van der Waals surface area contributed by atoms with Crippen LogP contribution in [0.2, 0.25) is 0 Å². The molecule has 0 aliphatic carbocycles. The maximum atomic E-state index is 8.60. The molecule has 2 aliphatic heterocycles. The summed E-state index contributed by atoms with van der Waals surface area (Å²) in [5.74, 6) is 1.78. The molecule has 1 aromatic carbocycles. The number of rotatable bonds is 3. The standard InChI is InChI=1S/C17H26N2.ClHO4/c1-14(2)19-12-16-8-17(13-19)11-18(10-16)9-15-6-4-3-5-7-15;2-1(3,4)5/h3-7,14,16-17H,8-13H2,1-2H3;(H,2,3,4,5). The lowest BCUT2D eigenvalue weighted by atomic mass is 9.84. The van der Waals surface area contributed by atoms with Gasteiger partial charge in [-0.05, 0) is 37.7 Å². The molecule has 24 heavy (non-hydrogen) atoms. The van der Waals surface area contributed by atoms with Gasteiger partial charge in [0.1, 0.15) is 0 Å². The predicted molar refractivity (Wildman–Crippen MR) is 82.2 cm³/mol. The fraction of sp³-hybridized carbons (Fsp3) is 0.647. The SMILES string of the molecule is CC(C)N1CC2CC(CN(Cc3ccccc3)C2)C1.[O-][Cl+3]([O-])([O-])O. The summed E-state index contributed by atoms with van der Waals surface area (Å²) in [7, 11) is -4.69. The van der Waals surface area contributed by atoms with Crippen LogP contribution in [0.3, 0.4) is 0 Å². The number of hydrogen-bond acceptors (Lipinski definition) is 6. The van der Waals surface area contributed by atoms with Gasteiger partial charge >= 0.3 is 0 Å². The Morgan fingerprint density at radius 3 is 2.00 bits per heavy atom. The molecule has 0 spiro atoms. The fourth-order valence-corrected chi connectivity index (χ4v) is 3.82. The van der Waals surface area contributed by atoms with E-state index >= 15 is 0 Å². The maximum Gasteiger partial charge on any atom is 0.0777 e. The van der Waals surface area contributed by atoms with E-state index in [1.165, 1.54) is 38.2 Å². The number of piperidine rings is 2. The highest BCUT2D eigenvalue weighted by Crippen LogP contribution is 2.30. The Kier molecular flexibility index (Phi) is 7.00. The van der Waals surface area contributed by atoms with Gasteiger partial charge < -0.3 is 4.90 Å². The molecule has 2 fully saturated rings. The lowest BCUT2D eigenvalue weighted by Gasteiger charge is -2.47. The van der Waals surface area contributed by atoms with Crippen molar-refractivity contribution in [2.24, 2.45) is 11.8 Å². The summed E-state index contributed by atoms with van der Waals surface area (Å²) < 4.78 is 32.7. The zero-order valence-corrected chi connectivity index (χ0v) is 15.1. The summed E-state index contributed by atoms with van der Waals surface area (Å²) in [6, 6.07) is 11.6. The predicted octanol–water partition coefficient (Wildman–Crippen LogP) is -1.28. The molecular formula is C17H27ClN2O4. The summed E-state index contributed by atoms with van der Waals surface area (Å²) in [6.07, 6.45) is 1.45. The van der Waals surface area contributed by atoms with E-state index in [9.17, 15) is 0 Å². The van der Waals surface area contributed by atoms with Gasteiger partial charge in [0, 0.05) is 38.8 Å². The second-order valence-electron chi connectivity index (χ2n) is 7.09. The minimum atomic E-state index is -4.69. The van der Waals surface area contributed by atoms with Crippen LogP contribution < -0.4 is 14.0 Å². The van der Waals surface area contributed by atoms with E-state index in [1.807, 2.05) is 0 Å². The minimum Gasteiger partial charge on any atom is -0.300 e. The van der Waals surface area contributed by atoms with Crippen molar-refractivity contribution in [1.29, 1.82) is 0 Å². The molecule has 2 aliphatic rings. The van der Waals surface area contributed by atoms with Crippen LogP contribution in [-0.2, 0) is 6.54 Å². The highest BCUT2D eigenvalue weighted by molar-refractivity contribution is 5.14. The average Bonchev–Trinajstić information content (AvgIpc) is 2.45. The summed E-state index contributed by atoms with van der Waals surface area (Å²) in [6.45, 7) is 11.0. The van der Waals surface area contributed by atoms with E-state index in [2.05, 4.69) is 54.0 Å². The monoisotopic (exact) mass is 358 g/mol. The molecule has 136 valence electrons. The number of hydrogen-bond donors (Lipinski definition) is 1. The fourth-order valence-electron chi connectivity index (χ4n) is 3.82. The van der Waals surface area contributed by atoms with Crippen LogP contribution in [0.15, 0.2) is 30.3 Å². The normalized spacial score (nSPS) is 25.3. The van der Waals surface area contributed by atoms with E-state index in [1.54, 1.807) is 0 Å². The summed E-state index contributed by atoms with van der Waals surface area (Å²) in [5, 5.41) is 0. The third kappa shape index (κ3) is 7.03. The zero-order chi connectivity index (χ0) is 17.7. The van der Waals surface area contributed by atoms with Crippen molar-refractivity contribution in [3.63, 3.8) is 0 Å². The van der Waals surface area contributed by atoms with Crippen molar-refractivity contribution in [3.05, 3.63) is 35.9 Å². The third-order valence-corrected chi connectivity index (χ3v) is 4.66. The zero-order valence-electron chi connectivity index (χ0n) is 14.3. The van der Waals surface area contributed by atoms with Gasteiger partial charge in [-0.25, -0.2) is 0 Å². The maximum absolute atomic E-state index is 8.60. The average molecular weight is 359 g/mol. The van der Waals surface area contributed by atoms with Gasteiger partial charge in [0.15, 0.2) is 0 Å². The highest BCUT2D eigenvalue weighted by Gasteiger charge is 2.34. The molecule has 3 rings (SSSR count). The topological polar surface area (TPSA) is 95.9 Å². The molecule has 2 bridgehead atoms. The number of likely N-dealkylation sites (tertiary alicyclic amines) is 2. The van der Waals surface area contributed by atoms with Gasteiger partial charge in [0.25, 0.3) is 0 Å². The number of benzene rings is 1. The van der Waals surface area contributed by atoms with Crippen LogP contribution in [0.1, 0.15) is 25.8 Å². The molecule has 0 radical (unpaired) electrons. The van der Waals surface area contributed by atoms with E-state index in [-0.39, 0.29) is 0 Å². The van der Waals surface area contributed by atoms with Gasteiger partial charge in [-0.2, -0.15) is 14.0 Å². The van der Waals surface area contributed by atoms with Gasteiger partial charge in [-0.15, -0.1) is 0 Å². The summed E-state index contributed by atoms with van der Waals surface area (Å²) in [4.78, 5) is 5.35. The summed E-state index contributed by atoms with van der Waals surface area (Å²) >= 11 is 0. The molecular weight excluding hydrogens is 332 g/mol. The van der Waals surface area contributed by atoms with Crippen molar-refractivity contribution in [2.45, 2.75) is 32.9 Å². The molecule has 0 saturated carbocycles. The van der Waals surface area contributed by atoms with Crippen LogP contribution in [-0.4, -0.2) is 46.7 Å². The second-order valence-corrected chi connectivity index (χ2v) is 7.88. The highest BCUT2D eigenvalue weighted by atomic mass is 35.7. The van der Waals surface area contributed by atoms with Crippen LogP contribution >= 0.6 is 0 Å². The van der Waals surface area contributed by atoms with Crippen molar-refractivity contribution >= 4 is 0 Å². The van der Waals surface area contributed by atoms with Crippen molar-refractivity contribution < 1.29 is 28.9 Å². The van der Waals surface area contributed by atoms with E-state index < -0.39 is 10.2 Å². The Balaban J connectivity index is 0.000000368. The first-order valence-corrected chi connectivity index (χ1v) is 9.60. The van der Waals surface area contributed by atoms with Gasteiger partial charge in [0.05, 0.1) is 14.9 Å². The molecule has 0 amide bonds. The van der Waals surface area contributed by atoms with Gasteiger partial charge in [0.2, 0.25) is 0 Å². The molecule has 0 aromatic heterocycles. The Morgan fingerprint density at radius 2 is 1.54 bits per heavy atom. The van der Waals surface area contributed by atoms with Crippen molar-refractivity contribution in [2.75, 3.05) is 26.2 Å². The number of nitrogens with zero attached hydrogens (tertiary/aromatic N) is 2. The Morgan fingerprint density at radius 1 is 1.04 bits per heavy atom. The Bertz CT molecular complexity index is 475. The molecule has 2 unspecified atom stereocenters. The van der Waals surface area contributed by atoms with Crippen molar-refractivity contribution in [1.82, 2.24) is 9.80 Å². The number of fused-ring (bicyclic) bond motifs is 2. The summed E-state index contributed by atoms with van der Waals surface area (Å²) in [5.41, 5.74) is 1.46. The lowest BCUT2D eigenvalue weighted by molar-refractivity contribution is -1.92.